The highest BCUT2D eigenvalue weighted by atomic mass is 16.6. The van der Waals surface area contributed by atoms with E-state index in [0.29, 0.717) is 31.8 Å². The summed E-state index contributed by atoms with van der Waals surface area (Å²) in [7, 11) is 3.06. The fraction of sp³-hybridized carbons (Fsp3) is 0.562. The summed E-state index contributed by atoms with van der Waals surface area (Å²) in [5.74, 6) is -0.106. The number of carbonyl (C=O) groups excluding carboxylic acids is 3. The molecule has 1 aliphatic heterocycles. The van der Waals surface area contributed by atoms with E-state index in [1.165, 1.54) is 19.4 Å². The Morgan fingerprint density at radius 2 is 1.81 bits per heavy atom. The second-order valence-corrected chi connectivity index (χ2v) is 11.1. The fourth-order valence-corrected chi connectivity index (χ4v) is 5.25. The molecule has 0 spiro atoms. The maximum Gasteiger partial charge on any atom is 0.329 e. The summed E-state index contributed by atoms with van der Waals surface area (Å²) in [6.45, 7) is 4.35. The van der Waals surface area contributed by atoms with Crippen LogP contribution >= 0.6 is 0 Å². The van der Waals surface area contributed by atoms with Crippen LogP contribution in [-0.4, -0.2) is 61.9 Å². The molecule has 1 amide bonds. The zero-order valence-corrected chi connectivity index (χ0v) is 24.9. The minimum absolute atomic E-state index is 0.0751. The SMILES string of the molecule is CCCC(=O)Oc1c(OC)ccnc1C(=O)N[C@H]1CCC[C@H](Cc2ccc(OC)cc2)[C@@H](OCC2CC2)[C@H](C)OC1=O. The van der Waals surface area contributed by atoms with Crippen molar-refractivity contribution in [3.8, 4) is 17.2 Å². The van der Waals surface area contributed by atoms with Gasteiger partial charge in [0, 0.05) is 25.3 Å². The molecule has 1 saturated carbocycles. The maximum absolute atomic E-state index is 13.4. The number of cyclic esters (lactones) is 1. The summed E-state index contributed by atoms with van der Waals surface area (Å²) in [4.78, 5) is 43.2. The summed E-state index contributed by atoms with van der Waals surface area (Å²) < 4.78 is 28.4. The molecule has 42 heavy (non-hydrogen) atoms. The van der Waals surface area contributed by atoms with Crippen LogP contribution in [0, 0.1) is 11.8 Å². The van der Waals surface area contributed by atoms with Crippen molar-refractivity contribution in [2.24, 2.45) is 11.8 Å². The molecular formula is C32H42N2O8. The minimum atomic E-state index is -0.907. The van der Waals surface area contributed by atoms with Gasteiger partial charge in [-0.15, -0.1) is 0 Å². The standard InChI is InChI=1S/C32H42N2O8/c1-5-7-27(35)42-30-26(39-4)16-17-33-28(30)31(36)34-25-9-6-8-23(18-21-12-14-24(38-3)15-13-21)29(20(2)41-32(25)37)40-19-22-10-11-22/h12-17,20,22-23,25,29H,5-11,18-19H2,1-4H3,(H,34,36)/t20-,23+,25-,29-/m0/s1. The predicted octanol–water partition coefficient (Wildman–Crippen LogP) is 4.67. The molecule has 2 aromatic rings. The number of aromatic nitrogens is 1. The van der Waals surface area contributed by atoms with Gasteiger partial charge in [0.05, 0.1) is 20.3 Å². The smallest absolute Gasteiger partial charge is 0.329 e. The third kappa shape index (κ3) is 8.44. The molecule has 1 N–H and O–H groups in total. The van der Waals surface area contributed by atoms with Crippen molar-refractivity contribution in [3.63, 3.8) is 0 Å². The lowest BCUT2D eigenvalue weighted by Crippen LogP contribution is -2.45. The highest BCUT2D eigenvalue weighted by Gasteiger charge is 2.37. The van der Waals surface area contributed by atoms with Gasteiger partial charge in [-0.25, -0.2) is 9.78 Å². The first-order valence-electron chi connectivity index (χ1n) is 14.8. The van der Waals surface area contributed by atoms with E-state index in [4.69, 9.17) is 23.7 Å². The Labute approximate surface area is 247 Å². The maximum atomic E-state index is 13.4. The zero-order chi connectivity index (χ0) is 30.1. The molecule has 1 saturated heterocycles. The number of rotatable bonds is 12. The number of nitrogens with one attached hydrogen (secondary N) is 1. The second-order valence-electron chi connectivity index (χ2n) is 11.1. The summed E-state index contributed by atoms with van der Waals surface area (Å²) in [5.41, 5.74) is 1.01. The lowest BCUT2D eigenvalue weighted by molar-refractivity contribution is -0.161. The molecular weight excluding hydrogens is 540 g/mol. The number of methoxy groups -OCH3 is 2. The van der Waals surface area contributed by atoms with Crippen LogP contribution in [0.2, 0.25) is 0 Å². The summed E-state index contributed by atoms with van der Waals surface area (Å²) in [5, 5.41) is 2.77. The molecule has 0 unspecified atom stereocenters. The molecule has 1 aliphatic carbocycles. The largest absolute Gasteiger partial charge is 0.497 e. The summed E-state index contributed by atoms with van der Waals surface area (Å²) in [6.07, 6.45) is 6.26. The van der Waals surface area contributed by atoms with Crippen molar-refractivity contribution in [3.05, 3.63) is 47.8 Å². The Bertz CT molecular complexity index is 1210. The molecule has 228 valence electrons. The highest BCUT2D eigenvalue weighted by molar-refractivity contribution is 5.98. The van der Waals surface area contributed by atoms with Gasteiger partial charge in [0.15, 0.2) is 11.4 Å². The monoisotopic (exact) mass is 582 g/mol. The number of hydrogen-bond donors (Lipinski definition) is 1. The molecule has 0 radical (unpaired) electrons. The lowest BCUT2D eigenvalue weighted by atomic mass is 9.86. The number of carbonyl (C=O) groups is 3. The van der Waals surface area contributed by atoms with E-state index in [1.54, 1.807) is 7.11 Å². The first-order chi connectivity index (χ1) is 20.3. The van der Waals surface area contributed by atoms with E-state index < -0.39 is 30.0 Å². The average Bonchev–Trinajstić information content (AvgIpc) is 3.80. The van der Waals surface area contributed by atoms with E-state index in [1.807, 2.05) is 26.0 Å². The van der Waals surface area contributed by atoms with Crippen molar-refractivity contribution < 1.29 is 38.1 Å². The van der Waals surface area contributed by atoms with Gasteiger partial charge in [0.1, 0.15) is 17.9 Å². The summed E-state index contributed by atoms with van der Waals surface area (Å²) in [6, 6.07) is 8.59. The average molecular weight is 583 g/mol. The van der Waals surface area contributed by atoms with Crippen LogP contribution in [0.5, 0.6) is 17.2 Å². The normalized spacial score (nSPS) is 22.6. The lowest BCUT2D eigenvalue weighted by Gasteiger charge is -2.31. The van der Waals surface area contributed by atoms with Gasteiger partial charge in [-0.1, -0.05) is 25.5 Å². The van der Waals surface area contributed by atoms with Gasteiger partial charge in [-0.05, 0) is 75.0 Å². The molecule has 10 heteroatoms. The van der Waals surface area contributed by atoms with Crippen LogP contribution < -0.4 is 19.5 Å². The van der Waals surface area contributed by atoms with Gasteiger partial charge in [0.25, 0.3) is 5.91 Å². The van der Waals surface area contributed by atoms with Crippen LogP contribution in [0.25, 0.3) is 0 Å². The number of esters is 2. The Morgan fingerprint density at radius 3 is 2.48 bits per heavy atom. The molecule has 1 aromatic carbocycles. The molecule has 10 nitrogen and oxygen atoms in total. The molecule has 2 fully saturated rings. The first-order valence-corrected chi connectivity index (χ1v) is 14.8. The van der Waals surface area contributed by atoms with Crippen molar-refractivity contribution in [1.29, 1.82) is 0 Å². The van der Waals surface area contributed by atoms with E-state index in [2.05, 4.69) is 22.4 Å². The van der Waals surface area contributed by atoms with E-state index in [-0.39, 0.29) is 35.6 Å². The first kappa shape index (κ1) is 31.3. The number of nitrogens with zero attached hydrogens (tertiary/aromatic N) is 1. The molecule has 2 aliphatic rings. The van der Waals surface area contributed by atoms with Crippen LogP contribution in [0.4, 0.5) is 0 Å². The van der Waals surface area contributed by atoms with Crippen LogP contribution in [0.1, 0.15) is 74.8 Å². The predicted molar refractivity (Wildman–Crippen MR) is 155 cm³/mol. The van der Waals surface area contributed by atoms with Crippen LogP contribution in [-0.2, 0) is 25.5 Å². The van der Waals surface area contributed by atoms with E-state index >= 15 is 0 Å². The Morgan fingerprint density at radius 1 is 1.05 bits per heavy atom. The number of benzene rings is 1. The van der Waals surface area contributed by atoms with Gasteiger partial charge in [0.2, 0.25) is 5.75 Å². The number of hydrogen-bond acceptors (Lipinski definition) is 9. The van der Waals surface area contributed by atoms with Gasteiger partial charge >= 0.3 is 11.9 Å². The van der Waals surface area contributed by atoms with Crippen molar-refractivity contribution in [2.75, 3.05) is 20.8 Å². The van der Waals surface area contributed by atoms with Crippen molar-refractivity contribution >= 4 is 17.8 Å². The van der Waals surface area contributed by atoms with Gasteiger partial charge in [-0.2, -0.15) is 0 Å². The Hall–Kier alpha value is -3.66. The quantitative estimate of drug-likeness (QED) is 0.356. The van der Waals surface area contributed by atoms with Crippen LogP contribution in [0.15, 0.2) is 36.5 Å². The zero-order valence-electron chi connectivity index (χ0n) is 24.9. The second kappa shape index (κ2) is 15.0. The molecule has 1 aromatic heterocycles. The molecule has 2 heterocycles. The summed E-state index contributed by atoms with van der Waals surface area (Å²) >= 11 is 0. The number of pyridine rings is 1. The fourth-order valence-electron chi connectivity index (χ4n) is 5.25. The minimum Gasteiger partial charge on any atom is -0.497 e. The number of amides is 1. The molecule has 0 bridgehead atoms. The van der Waals surface area contributed by atoms with Crippen molar-refractivity contribution in [2.45, 2.75) is 83.5 Å². The third-order valence-corrected chi connectivity index (χ3v) is 7.74. The van der Waals surface area contributed by atoms with Crippen LogP contribution in [0.3, 0.4) is 0 Å². The highest BCUT2D eigenvalue weighted by Crippen LogP contribution is 2.34. The van der Waals surface area contributed by atoms with Gasteiger partial charge in [-0.3, -0.25) is 9.59 Å². The Balaban J connectivity index is 1.51. The van der Waals surface area contributed by atoms with E-state index in [9.17, 15) is 14.4 Å². The molecule has 4 rings (SSSR count). The van der Waals surface area contributed by atoms with Crippen molar-refractivity contribution in [1.82, 2.24) is 10.3 Å². The molecule has 4 atom stereocenters. The topological polar surface area (TPSA) is 122 Å². The third-order valence-electron chi connectivity index (χ3n) is 7.74. The number of ether oxygens (including phenoxy) is 5. The van der Waals surface area contributed by atoms with E-state index in [0.717, 1.165) is 37.0 Å². The van der Waals surface area contributed by atoms with Gasteiger partial charge < -0.3 is 29.0 Å². The Kier molecular flexibility index (Phi) is 11.2.